The lowest BCUT2D eigenvalue weighted by Crippen LogP contribution is -2.02. The summed E-state index contributed by atoms with van der Waals surface area (Å²) in [4.78, 5) is 23.1. The van der Waals surface area contributed by atoms with Crippen LogP contribution in [0.25, 0.3) is 17.5 Å². The molecule has 4 rings (SSSR count). The summed E-state index contributed by atoms with van der Waals surface area (Å²) in [6.45, 7) is 0. The fraction of sp³-hybridized carbons (Fsp3) is 0. The second-order valence-corrected chi connectivity index (χ2v) is 5.82. The third-order valence-corrected chi connectivity index (χ3v) is 3.76. The second kappa shape index (κ2) is 8.05. The third kappa shape index (κ3) is 4.63. The summed E-state index contributed by atoms with van der Waals surface area (Å²) in [5, 5.41) is 21.8. The number of carboxylic acids is 1. The molecule has 0 aliphatic rings. The van der Waals surface area contributed by atoms with E-state index in [1.54, 1.807) is 42.7 Å². The lowest BCUT2D eigenvalue weighted by atomic mass is 10.2. The molecule has 0 aliphatic carbocycles. The van der Waals surface area contributed by atoms with Crippen LogP contribution in [0.2, 0.25) is 0 Å². The molecule has 0 fully saturated rings. The molecule has 10 nitrogen and oxygen atoms in total. The van der Waals surface area contributed by atoms with Gasteiger partial charge in [0.15, 0.2) is 11.6 Å². The lowest BCUT2D eigenvalue weighted by molar-refractivity contribution is -0.131. The van der Waals surface area contributed by atoms with Gasteiger partial charge in [0.05, 0.1) is 6.26 Å². The van der Waals surface area contributed by atoms with Crippen molar-refractivity contribution in [2.45, 2.75) is 0 Å². The number of carboxylic acid groups (broad SMARTS) is 1. The van der Waals surface area contributed by atoms with Gasteiger partial charge in [-0.15, -0.1) is 0 Å². The Kier molecular flexibility index (Phi) is 4.97. The summed E-state index contributed by atoms with van der Waals surface area (Å²) in [5.41, 5.74) is 2.23. The zero-order valence-corrected chi connectivity index (χ0v) is 14.9. The van der Waals surface area contributed by atoms with Gasteiger partial charge in [0.25, 0.3) is 0 Å². The fourth-order valence-corrected chi connectivity index (χ4v) is 2.45. The van der Waals surface area contributed by atoms with Crippen LogP contribution in [0.1, 0.15) is 5.56 Å². The van der Waals surface area contributed by atoms with Crippen molar-refractivity contribution >= 4 is 35.4 Å². The first-order chi connectivity index (χ1) is 14.2. The number of aromatic amines is 1. The van der Waals surface area contributed by atoms with Crippen LogP contribution in [0.5, 0.6) is 0 Å². The summed E-state index contributed by atoms with van der Waals surface area (Å²) in [6.07, 6.45) is 5.56. The van der Waals surface area contributed by atoms with Gasteiger partial charge in [0.1, 0.15) is 12.0 Å². The molecule has 0 aliphatic heterocycles. The number of carbonyl (C=O) groups is 1. The lowest BCUT2D eigenvalue weighted by Gasteiger charge is -2.06. The number of hydrogen-bond donors (Lipinski definition) is 4. The maximum absolute atomic E-state index is 10.6. The highest BCUT2D eigenvalue weighted by atomic mass is 16.4. The van der Waals surface area contributed by atoms with Crippen molar-refractivity contribution in [3.63, 3.8) is 0 Å². The summed E-state index contributed by atoms with van der Waals surface area (Å²) < 4.78 is 5.32. The molecule has 0 unspecified atom stereocenters. The standard InChI is InChI=1S/C19H15N7O3/c27-17(28)8-5-12-3-6-13(7-4-12)22-18-20-11-21-19(24-18)23-16-10-14(25-26-16)15-2-1-9-29-15/h1-11H,(H,27,28)(H3,20,21,22,23,24,25,26). The van der Waals surface area contributed by atoms with E-state index in [0.717, 1.165) is 23.0 Å². The molecule has 3 heterocycles. The van der Waals surface area contributed by atoms with Gasteiger partial charge in [-0.25, -0.2) is 14.8 Å². The van der Waals surface area contributed by atoms with Gasteiger partial charge in [-0.3, -0.25) is 5.10 Å². The van der Waals surface area contributed by atoms with E-state index in [1.807, 2.05) is 6.07 Å². The molecule has 0 bridgehead atoms. The molecule has 0 amide bonds. The molecule has 4 aromatic rings. The highest BCUT2D eigenvalue weighted by molar-refractivity contribution is 5.85. The molecule has 4 N–H and O–H groups in total. The molecule has 3 aromatic heterocycles. The number of rotatable bonds is 7. The molecule has 0 saturated carbocycles. The van der Waals surface area contributed by atoms with E-state index in [1.165, 1.54) is 12.4 Å². The largest absolute Gasteiger partial charge is 0.478 e. The van der Waals surface area contributed by atoms with Crippen molar-refractivity contribution in [2.75, 3.05) is 10.6 Å². The minimum absolute atomic E-state index is 0.320. The number of hydrogen-bond acceptors (Lipinski definition) is 8. The van der Waals surface area contributed by atoms with Crippen molar-refractivity contribution in [3.05, 3.63) is 66.7 Å². The van der Waals surface area contributed by atoms with Crippen molar-refractivity contribution in [3.8, 4) is 11.5 Å². The number of nitrogens with zero attached hydrogens (tertiary/aromatic N) is 4. The van der Waals surface area contributed by atoms with Crippen LogP contribution in [0.15, 0.2) is 65.5 Å². The highest BCUT2D eigenvalue weighted by Gasteiger charge is 2.08. The summed E-state index contributed by atoms with van der Waals surface area (Å²) in [6, 6.07) is 12.5. The van der Waals surface area contributed by atoms with E-state index < -0.39 is 5.97 Å². The molecular formula is C19H15N7O3. The van der Waals surface area contributed by atoms with Crippen molar-refractivity contribution < 1.29 is 14.3 Å². The van der Waals surface area contributed by atoms with Gasteiger partial charge < -0.3 is 20.2 Å². The minimum Gasteiger partial charge on any atom is -0.478 e. The topological polar surface area (TPSA) is 142 Å². The zero-order valence-electron chi connectivity index (χ0n) is 14.9. The Morgan fingerprint density at radius 2 is 1.90 bits per heavy atom. The minimum atomic E-state index is -0.995. The maximum atomic E-state index is 10.6. The molecular weight excluding hydrogens is 374 g/mol. The smallest absolute Gasteiger partial charge is 0.328 e. The van der Waals surface area contributed by atoms with Crippen LogP contribution in [0.4, 0.5) is 23.4 Å². The summed E-state index contributed by atoms with van der Waals surface area (Å²) >= 11 is 0. The molecule has 29 heavy (non-hydrogen) atoms. The number of furan rings is 1. The monoisotopic (exact) mass is 389 g/mol. The van der Waals surface area contributed by atoms with E-state index in [4.69, 9.17) is 9.52 Å². The second-order valence-electron chi connectivity index (χ2n) is 5.82. The van der Waals surface area contributed by atoms with Crippen LogP contribution in [-0.4, -0.2) is 36.2 Å². The number of H-pyrrole nitrogens is 1. The van der Waals surface area contributed by atoms with Crippen LogP contribution < -0.4 is 10.6 Å². The summed E-state index contributed by atoms with van der Waals surface area (Å²) in [5.74, 6) is 0.873. The maximum Gasteiger partial charge on any atom is 0.328 e. The Morgan fingerprint density at radius 3 is 2.62 bits per heavy atom. The SMILES string of the molecule is O=C(O)C=Cc1ccc(Nc2ncnc(Nc3cc(-c4ccco4)[nH]n3)n2)cc1. The Labute approximate surface area is 164 Å². The molecule has 144 valence electrons. The molecule has 0 saturated heterocycles. The number of anilines is 4. The van der Waals surface area contributed by atoms with E-state index in [0.29, 0.717) is 23.5 Å². The fourth-order valence-electron chi connectivity index (χ4n) is 2.45. The van der Waals surface area contributed by atoms with Gasteiger partial charge in [0.2, 0.25) is 11.9 Å². The number of aromatic nitrogens is 5. The predicted octanol–water partition coefficient (Wildman–Crippen LogP) is 3.44. The average Bonchev–Trinajstić information content (AvgIpc) is 3.39. The van der Waals surface area contributed by atoms with Crippen LogP contribution >= 0.6 is 0 Å². The van der Waals surface area contributed by atoms with E-state index in [9.17, 15) is 4.79 Å². The quantitative estimate of drug-likeness (QED) is 0.350. The van der Waals surface area contributed by atoms with Gasteiger partial charge in [-0.1, -0.05) is 12.1 Å². The summed E-state index contributed by atoms with van der Waals surface area (Å²) in [7, 11) is 0. The third-order valence-electron chi connectivity index (χ3n) is 3.76. The molecule has 0 spiro atoms. The number of aliphatic carboxylic acids is 1. The predicted molar refractivity (Wildman–Crippen MR) is 106 cm³/mol. The van der Waals surface area contributed by atoms with Crippen molar-refractivity contribution in [1.82, 2.24) is 25.1 Å². The van der Waals surface area contributed by atoms with Crippen LogP contribution in [0.3, 0.4) is 0 Å². The molecule has 0 atom stereocenters. The molecule has 0 radical (unpaired) electrons. The first-order valence-electron chi connectivity index (χ1n) is 8.49. The normalized spacial score (nSPS) is 10.9. The average molecular weight is 389 g/mol. The highest BCUT2D eigenvalue weighted by Crippen LogP contribution is 2.21. The number of benzene rings is 1. The van der Waals surface area contributed by atoms with Crippen molar-refractivity contribution in [2.24, 2.45) is 0 Å². The Balaban J connectivity index is 1.43. The number of nitrogens with one attached hydrogen (secondary N) is 3. The first kappa shape index (κ1) is 17.9. The van der Waals surface area contributed by atoms with E-state index in [2.05, 4.69) is 35.8 Å². The van der Waals surface area contributed by atoms with Gasteiger partial charge in [-0.05, 0) is 35.9 Å². The first-order valence-corrected chi connectivity index (χ1v) is 8.49. The van der Waals surface area contributed by atoms with Gasteiger partial charge >= 0.3 is 5.97 Å². The van der Waals surface area contributed by atoms with E-state index >= 15 is 0 Å². The van der Waals surface area contributed by atoms with Crippen LogP contribution in [0, 0.1) is 0 Å². The molecule has 10 heteroatoms. The Morgan fingerprint density at radius 1 is 1.10 bits per heavy atom. The van der Waals surface area contributed by atoms with Gasteiger partial charge in [0, 0.05) is 17.8 Å². The zero-order chi connectivity index (χ0) is 20.1. The Hall–Kier alpha value is -4.47. The Bertz CT molecular complexity index is 1130. The van der Waals surface area contributed by atoms with Crippen molar-refractivity contribution in [1.29, 1.82) is 0 Å². The van der Waals surface area contributed by atoms with E-state index in [-0.39, 0.29) is 0 Å². The van der Waals surface area contributed by atoms with Gasteiger partial charge in [-0.2, -0.15) is 10.1 Å². The van der Waals surface area contributed by atoms with Crippen LogP contribution in [-0.2, 0) is 4.79 Å². The molecule has 1 aromatic carbocycles.